The monoisotopic (exact) mass is 399 g/mol. The zero-order valence-corrected chi connectivity index (χ0v) is 16.9. The van der Waals surface area contributed by atoms with Crippen molar-refractivity contribution in [2.24, 2.45) is 0 Å². The Balaban J connectivity index is 1.67. The van der Waals surface area contributed by atoms with E-state index in [9.17, 15) is 8.42 Å². The van der Waals surface area contributed by atoms with Crippen LogP contribution in [0, 0.1) is 0 Å². The third-order valence-electron chi connectivity index (χ3n) is 4.45. The molecular weight excluding hydrogens is 374 g/mol. The Hall–Kier alpha value is -2.80. The van der Waals surface area contributed by atoms with E-state index in [1.807, 2.05) is 37.3 Å². The summed E-state index contributed by atoms with van der Waals surface area (Å²) in [6.07, 6.45) is 4.79. The molecule has 3 rings (SSSR count). The predicted octanol–water partition coefficient (Wildman–Crippen LogP) is 4.32. The Morgan fingerprint density at radius 3 is 2.50 bits per heavy atom. The van der Waals surface area contributed by atoms with Crippen LogP contribution >= 0.6 is 0 Å². The lowest BCUT2D eigenvalue weighted by molar-refractivity contribution is 0.495. The molecule has 2 aromatic heterocycles. The lowest BCUT2D eigenvalue weighted by Gasteiger charge is -2.23. The molecule has 1 N–H and O–H groups in total. The number of hydrogen-bond donors (Lipinski definition) is 1. The van der Waals surface area contributed by atoms with E-state index in [0.29, 0.717) is 18.1 Å². The number of rotatable bonds is 9. The molecule has 7 heteroatoms. The molecule has 0 bridgehead atoms. The molecule has 6 nitrogen and oxygen atoms in total. The highest BCUT2D eigenvalue weighted by Gasteiger charge is 2.23. The summed E-state index contributed by atoms with van der Waals surface area (Å²) in [5, 5.41) is 3.30. The van der Waals surface area contributed by atoms with E-state index in [-0.39, 0.29) is 10.9 Å². The minimum absolute atomic E-state index is 0.173. The van der Waals surface area contributed by atoms with Gasteiger partial charge in [0, 0.05) is 25.2 Å². The summed E-state index contributed by atoms with van der Waals surface area (Å²) in [5.41, 5.74) is 0.638. The van der Waals surface area contributed by atoms with Gasteiger partial charge in [-0.1, -0.05) is 18.2 Å². The van der Waals surface area contributed by atoms with Crippen LogP contribution in [0.1, 0.15) is 26.0 Å². The van der Waals surface area contributed by atoms with E-state index in [0.717, 1.165) is 18.6 Å². The van der Waals surface area contributed by atoms with Crippen LogP contribution in [0.4, 0.5) is 11.5 Å². The Kier molecular flexibility index (Phi) is 6.36. The molecule has 28 heavy (non-hydrogen) atoms. The van der Waals surface area contributed by atoms with Crippen LogP contribution in [0.5, 0.6) is 0 Å². The van der Waals surface area contributed by atoms with E-state index in [4.69, 9.17) is 4.42 Å². The standard InChI is InChI=1S/C21H25N3O3S/c1-3-24(18-8-5-4-6-9-18)28(25,26)20-13-14-21(22-16-20)23-17(2)11-12-19-10-7-15-27-19/h4-10,13-17H,3,11-12H2,1-2H3,(H,22,23)/t17-/m0/s1. The first kappa shape index (κ1) is 19.9. The second-order valence-electron chi connectivity index (χ2n) is 6.55. The van der Waals surface area contributed by atoms with Gasteiger partial charge in [0.25, 0.3) is 10.0 Å². The number of nitrogens with one attached hydrogen (secondary N) is 1. The summed E-state index contributed by atoms with van der Waals surface area (Å²) in [6.45, 7) is 4.22. The fourth-order valence-electron chi connectivity index (χ4n) is 2.97. The molecule has 0 aliphatic heterocycles. The molecule has 3 aromatic rings. The second kappa shape index (κ2) is 8.93. The third-order valence-corrected chi connectivity index (χ3v) is 6.34. The van der Waals surface area contributed by atoms with Gasteiger partial charge in [0.2, 0.25) is 0 Å². The topological polar surface area (TPSA) is 75.4 Å². The summed E-state index contributed by atoms with van der Waals surface area (Å²) in [4.78, 5) is 4.47. The van der Waals surface area contributed by atoms with E-state index in [1.165, 1.54) is 10.5 Å². The van der Waals surface area contributed by atoms with Gasteiger partial charge in [0.05, 0.1) is 12.0 Å². The predicted molar refractivity (Wildman–Crippen MR) is 111 cm³/mol. The van der Waals surface area contributed by atoms with Gasteiger partial charge in [-0.3, -0.25) is 4.31 Å². The van der Waals surface area contributed by atoms with E-state index >= 15 is 0 Å². The quantitative estimate of drug-likeness (QED) is 0.580. The fourth-order valence-corrected chi connectivity index (χ4v) is 4.39. The molecule has 0 aliphatic carbocycles. The number of benzene rings is 1. The number of aryl methyl sites for hydroxylation is 1. The van der Waals surface area contributed by atoms with Crippen molar-refractivity contribution in [1.82, 2.24) is 4.98 Å². The van der Waals surface area contributed by atoms with Gasteiger partial charge in [-0.15, -0.1) is 0 Å². The zero-order chi connectivity index (χ0) is 20.0. The summed E-state index contributed by atoms with van der Waals surface area (Å²) >= 11 is 0. The average molecular weight is 400 g/mol. The number of sulfonamides is 1. The molecule has 0 radical (unpaired) electrons. The molecule has 0 amide bonds. The van der Waals surface area contributed by atoms with Crippen molar-refractivity contribution in [1.29, 1.82) is 0 Å². The van der Waals surface area contributed by atoms with Crippen molar-refractivity contribution >= 4 is 21.5 Å². The lowest BCUT2D eigenvalue weighted by atomic mass is 10.1. The van der Waals surface area contributed by atoms with Crippen LogP contribution in [0.3, 0.4) is 0 Å². The van der Waals surface area contributed by atoms with Crippen LogP contribution in [0.2, 0.25) is 0 Å². The van der Waals surface area contributed by atoms with Crippen molar-refractivity contribution in [3.8, 4) is 0 Å². The maximum absolute atomic E-state index is 13.0. The molecule has 0 unspecified atom stereocenters. The van der Waals surface area contributed by atoms with Crippen molar-refractivity contribution in [3.05, 3.63) is 72.8 Å². The van der Waals surface area contributed by atoms with Crippen LogP contribution in [-0.2, 0) is 16.4 Å². The second-order valence-corrected chi connectivity index (χ2v) is 8.41. The fraction of sp³-hybridized carbons (Fsp3) is 0.286. The number of hydrogen-bond acceptors (Lipinski definition) is 5. The molecule has 0 fully saturated rings. The molecular formula is C21H25N3O3S. The van der Waals surface area contributed by atoms with Gasteiger partial charge in [-0.05, 0) is 56.7 Å². The van der Waals surface area contributed by atoms with Crippen LogP contribution in [0.25, 0.3) is 0 Å². The summed E-state index contributed by atoms with van der Waals surface area (Å²) in [6, 6.07) is 16.4. The highest BCUT2D eigenvalue weighted by Crippen LogP contribution is 2.23. The van der Waals surface area contributed by atoms with Crippen molar-refractivity contribution in [2.75, 3.05) is 16.2 Å². The van der Waals surface area contributed by atoms with Crippen molar-refractivity contribution < 1.29 is 12.8 Å². The molecule has 0 saturated carbocycles. The number of para-hydroxylation sites is 1. The van der Waals surface area contributed by atoms with Crippen LogP contribution in [0.15, 0.2) is 76.4 Å². The Labute approximate surface area is 166 Å². The first-order valence-corrected chi connectivity index (χ1v) is 10.8. The SMILES string of the molecule is CCN(c1ccccc1)S(=O)(=O)c1ccc(N[C@@H](C)CCc2ccco2)nc1. The van der Waals surface area contributed by atoms with Gasteiger partial charge in [-0.25, -0.2) is 13.4 Å². The Morgan fingerprint density at radius 1 is 1.11 bits per heavy atom. The Morgan fingerprint density at radius 2 is 1.89 bits per heavy atom. The van der Waals surface area contributed by atoms with E-state index < -0.39 is 10.0 Å². The van der Waals surface area contributed by atoms with Gasteiger partial charge in [0.15, 0.2) is 0 Å². The number of pyridine rings is 1. The average Bonchev–Trinajstić information content (AvgIpc) is 3.22. The minimum atomic E-state index is -3.66. The Bertz CT molecular complexity index is 956. The lowest BCUT2D eigenvalue weighted by Crippen LogP contribution is -2.30. The van der Waals surface area contributed by atoms with Crippen molar-refractivity contribution in [2.45, 2.75) is 37.6 Å². The molecule has 2 heterocycles. The zero-order valence-electron chi connectivity index (χ0n) is 16.1. The first-order chi connectivity index (χ1) is 13.5. The number of nitrogens with zero attached hydrogens (tertiary/aromatic N) is 2. The van der Waals surface area contributed by atoms with Crippen LogP contribution < -0.4 is 9.62 Å². The molecule has 1 atom stereocenters. The van der Waals surface area contributed by atoms with Gasteiger partial charge in [0.1, 0.15) is 16.5 Å². The highest BCUT2D eigenvalue weighted by molar-refractivity contribution is 7.92. The van der Waals surface area contributed by atoms with Crippen molar-refractivity contribution in [3.63, 3.8) is 0 Å². The highest BCUT2D eigenvalue weighted by atomic mass is 32.2. The minimum Gasteiger partial charge on any atom is -0.469 e. The molecule has 0 saturated heterocycles. The smallest absolute Gasteiger partial charge is 0.265 e. The third kappa shape index (κ3) is 4.72. The van der Waals surface area contributed by atoms with E-state index in [1.54, 1.807) is 30.5 Å². The van der Waals surface area contributed by atoms with Gasteiger partial charge < -0.3 is 9.73 Å². The summed E-state index contributed by atoms with van der Waals surface area (Å²) in [5.74, 6) is 1.59. The maximum Gasteiger partial charge on any atom is 0.265 e. The van der Waals surface area contributed by atoms with Crippen LogP contribution in [-0.4, -0.2) is 26.0 Å². The molecule has 0 spiro atoms. The summed E-state index contributed by atoms with van der Waals surface area (Å²) in [7, 11) is -3.66. The normalized spacial score (nSPS) is 12.5. The number of anilines is 2. The molecule has 148 valence electrons. The number of furan rings is 1. The molecule has 0 aliphatic rings. The largest absolute Gasteiger partial charge is 0.469 e. The van der Waals surface area contributed by atoms with Gasteiger partial charge >= 0.3 is 0 Å². The first-order valence-electron chi connectivity index (χ1n) is 9.33. The maximum atomic E-state index is 13.0. The summed E-state index contributed by atoms with van der Waals surface area (Å²) < 4.78 is 32.7. The number of aromatic nitrogens is 1. The van der Waals surface area contributed by atoms with Gasteiger partial charge in [-0.2, -0.15) is 0 Å². The molecule has 1 aromatic carbocycles. The van der Waals surface area contributed by atoms with E-state index in [2.05, 4.69) is 17.2 Å².